The number of morpholine rings is 1. The maximum Gasteiger partial charge on any atom is 0.158 e. The fraction of sp³-hybridized carbons (Fsp3) is 0.323. The van der Waals surface area contributed by atoms with E-state index in [-0.39, 0.29) is 0 Å². The number of hydrogen-bond acceptors (Lipinski definition) is 5. The van der Waals surface area contributed by atoms with Crippen molar-refractivity contribution < 1.29 is 4.74 Å². The van der Waals surface area contributed by atoms with Gasteiger partial charge in [-0.3, -0.25) is 4.98 Å². The minimum atomic E-state index is 0.694. The molecule has 0 unspecified atom stereocenters. The van der Waals surface area contributed by atoms with Crippen LogP contribution in [0.1, 0.15) is 46.0 Å². The first-order valence-electron chi connectivity index (χ1n) is 13.1. The summed E-state index contributed by atoms with van der Waals surface area (Å²) in [6, 6.07) is 8.25. The van der Waals surface area contributed by atoms with Crippen molar-refractivity contribution in [2.45, 2.75) is 41.0 Å². The second kappa shape index (κ2) is 14.1. The Bertz CT molecular complexity index is 1310. The quantitative estimate of drug-likeness (QED) is 0.318. The van der Waals surface area contributed by atoms with Gasteiger partial charge in [-0.15, -0.1) is 0 Å². The number of anilines is 1. The number of allylic oxidation sites excluding steroid dienone is 9. The van der Waals surface area contributed by atoms with Gasteiger partial charge in [0.15, 0.2) is 5.65 Å². The van der Waals surface area contributed by atoms with Gasteiger partial charge in [-0.2, -0.15) is 9.61 Å². The van der Waals surface area contributed by atoms with Crippen molar-refractivity contribution >= 4 is 17.0 Å². The molecule has 37 heavy (non-hydrogen) atoms. The summed E-state index contributed by atoms with van der Waals surface area (Å²) in [5.41, 5.74) is 6.80. The van der Waals surface area contributed by atoms with Crippen LogP contribution in [0.15, 0.2) is 85.1 Å². The van der Waals surface area contributed by atoms with Gasteiger partial charge in [0.25, 0.3) is 0 Å². The van der Waals surface area contributed by atoms with Crippen molar-refractivity contribution in [2.24, 2.45) is 0 Å². The molecule has 0 amide bonds. The van der Waals surface area contributed by atoms with Crippen LogP contribution in [-0.2, 0) is 11.2 Å². The van der Waals surface area contributed by atoms with Gasteiger partial charge in [-0.1, -0.05) is 63.0 Å². The Kier molecular flexibility index (Phi) is 10.6. The van der Waals surface area contributed by atoms with Crippen LogP contribution in [0.4, 0.5) is 5.82 Å². The molecular formula is C31H39N5O. The average molecular weight is 498 g/mol. The Balaban J connectivity index is 0.00000186. The highest BCUT2D eigenvalue weighted by Gasteiger charge is 2.20. The second-order valence-electron chi connectivity index (χ2n) is 8.29. The number of pyridine rings is 1. The summed E-state index contributed by atoms with van der Waals surface area (Å²) < 4.78 is 7.56. The minimum absolute atomic E-state index is 0.694. The first-order valence-corrected chi connectivity index (χ1v) is 13.1. The Morgan fingerprint density at radius 3 is 2.51 bits per heavy atom. The Labute approximate surface area is 221 Å². The lowest BCUT2D eigenvalue weighted by atomic mass is 10.0. The van der Waals surface area contributed by atoms with Gasteiger partial charge in [-0.05, 0) is 38.5 Å². The second-order valence-corrected chi connectivity index (χ2v) is 8.29. The van der Waals surface area contributed by atoms with E-state index in [0.29, 0.717) is 13.2 Å². The van der Waals surface area contributed by atoms with Crippen molar-refractivity contribution in [1.29, 1.82) is 0 Å². The van der Waals surface area contributed by atoms with Crippen LogP contribution in [0.5, 0.6) is 0 Å². The van der Waals surface area contributed by atoms with Gasteiger partial charge >= 0.3 is 0 Å². The first-order chi connectivity index (χ1) is 18.2. The zero-order valence-corrected chi connectivity index (χ0v) is 22.8. The van der Waals surface area contributed by atoms with E-state index in [1.165, 1.54) is 5.57 Å². The van der Waals surface area contributed by atoms with Gasteiger partial charge in [-0.25, -0.2) is 4.98 Å². The fourth-order valence-corrected chi connectivity index (χ4v) is 4.26. The summed E-state index contributed by atoms with van der Waals surface area (Å²) in [6.07, 6.45) is 16.7. The van der Waals surface area contributed by atoms with E-state index in [4.69, 9.17) is 19.8 Å². The largest absolute Gasteiger partial charge is 0.378 e. The SMILES string of the molecule is C=C/C=C(\C=C/C)c1cc2nc(-c3cccnc3CC(/C=C\C)=C/C)cc(N3CCOCC3)n2n1.CC. The Morgan fingerprint density at radius 2 is 1.84 bits per heavy atom. The Hall–Kier alpha value is -3.77. The molecule has 194 valence electrons. The minimum Gasteiger partial charge on any atom is -0.378 e. The van der Waals surface area contributed by atoms with E-state index in [0.717, 1.165) is 59.2 Å². The van der Waals surface area contributed by atoms with Gasteiger partial charge < -0.3 is 9.64 Å². The summed E-state index contributed by atoms with van der Waals surface area (Å²) in [5.74, 6) is 1.01. The van der Waals surface area contributed by atoms with Crippen molar-refractivity contribution in [3.8, 4) is 11.3 Å². The van der Waals surface area contributed by atoms with Gasteiger partial charge in [0.05, 0.1) is 30.3 Å². The van der Waals surface area contributed by atoms with Gasteiger partial charge in [0.1, 0.15) is 5.82 Å². The molecule has 6 heteroatoms. The van der Waals surface area contributed by atoms with E-state index >= 15 is 0 Å². The summed E-state index contributed by atoms with van der Waals surface area (Å²) in [5, 5.41) is 4.94. The summed E-state index contributed by atoms with van der Waals surface area (Å²) in [4.78, 5) is 12.1. The standard InChI is InChI=1S/C29H33N5O.C2H6/c1-5-10-22(8-4)19-26-24(13-9-14-30-26)27-21-29(33-15-17-35-18-16-33)34-28(31-27)20-25(32-34)23(11-6-2)12-7-3;1-2/h5-14,20-21H,2,15-19H2,1,3-4H3;1-2H3/b10-5-,12-7-,22-8+,23-11+;. The molecule has 1 aliphatic heterocycles. The molecule has 1 saturated heterocycles. The lowest BCUT2D eigenvalue weighted by Crippen LogP contribution is -2.37. The molecule has 0 N–H and O–H groups in total. The van der Waals surface area contributed by atoms with Crippen LogP contribution in [0.2, 0.25) is 0 Å². The monoisotopic (exact) mass is 497 g/mol. The summed E-state index contributed by atoms with van der Waals surface area (Å²) in [7, 11) is 0. The molecular weight excluding hydrogens is 458 g/mol. The third-order valence-electron chi connectivity index (χ3n) is 5.97. The number of aromatic nitrogens is 4. The van der Waals surface area contributed by atoms with E-state index in [2.05, 4.69) is 48.8 Å². The number of nitrogens with zero attached hydrogens (tertiary/aromatic N) is 5. The highest BCUT2D eigenvalue weighted by Crippen LogP contribution is 2.29. The van der Waals surface area contributed by atoms with Gasteiger partial charge in [0, 0.05) is 49.0 Å². The van der Waals surface area contributed by atoms with Crippen molar-refractivity contribution in [2.75, 3.05) is 31.2 Å². The number of hydrogen-bond donors (Lipinski definition) is 0. The van der Waals surface area contributed by atoms with Crippen LogP contribution in [0.25, 0.3) is 22.5 Å². The predicted octanol–water partition coefficient (Wildman–Crippen LogP) is 6.86. The molecule has 6 nitrogen and oxygen atoms in total. The van der Waals surface area contributed by atoms with Crippen LogP contribution in [0.3, 0.4) is 0 Å². The maximum atomic E-state index is 5.61. The first kappa shape index (κ1) is 27.8. The molecule has 1 aliphatic rings. The van der Waals surface area contributed by atoms with E-state index in [9.17, 15) is 0 Å². The highest BCUT2D eigenvalue weighted by atomic mass is 16.5. The molecule has 0 saturated carbocycles. The van der Waals surface area contributed by atoms with Crippen molar-refractivity contribution in [3.63, 3.8) is 0 Å². The fourth-order valence-electron chi connectivity index (χ4n) is 4.26. The summed E-state index contributed by atoms with van der Waals surface area (Å²) >= 11 is 0. The third-order valence-corrected chi connectivity index (χ3v) is 5.97. The van der Waals surface area contributed by atoms with Crippen molar-refractivity contribution in [3.05, 3.63) is 96.5 Å². The molecule has 3 aromatic rings. The maximum absolute atomic E-state index is 5.61. The van der Waals surface area contributed by atoms with Crippen molar-refractivity contribution in [1.82, 2.24) is 19.6 Å². The van der Waals surface area contributed by atoms with Crippen LogP contribution >= 0.6 is 0 Å². The third kappa shape index (κ3) is 6.71. The average Bonchev–Trinajstić information content (AvgIpc) is 3.38. The highest BCUT2D eigenvalue weighted by molar-refractivity contribution is 5.76. The molecule has 3 aromatic heterocycles. The molecule has 0 spiro atoms. The van der Waals surface area contributed by atoms with Gasteiger partial charge in [0.2, 0.25) is 0 Å². The lowest BCUT2D eigenvalue weighted by molar-refractivity contribution is 0.122. The molecule has 4 rings (SSSR count). The molecule has 0 bridgehead atoms. The topological polar surface area (TPSA) is 55.5 Å². The molecule has 0 aliphatic carbocycles. The molecule has 1 fully saturated rings. The van der Waals surface area contributed by atoms with E-state index in [1.807, 2.05) is 68.8 Å². The molecule has 0 radical (unpaired) electrons. The van der Waals surface area contributed by atoms with Crippen LogP contribution in [-0.4, -0.2) is 45.9 Å². The number of rotatable bonds is 8. The smallest absolute Gasteiger partial charge is 0.158 e. The predicted molar refractivity (Wildman–Crippen MR) is 156 cm³/mol. The lowest BCUT2D eigenvalue weighted by Gasteiger charge is -2.29. The zero-order valence-electron chi connectivity index (χ0n) is 22.8. The normalized spacial score (nSPS) is 14.9. The van der Waals surface area contributed by atoms with E-state index in [1.54, 1.807) is 6.08 Å². The molecule has 4 heterocycles. The van der Waals surface area contributed by atoms with Crippen LogP contribution < -0.4 is 4.90 Å². The van der Waals surface area contributed by atoms with Crippen LogP contribution in [0, 0.1) is 0 Å². The Morgan fingerprint density at radius 1 is 1.08 bits per heavy atom. The number of ether oxygens (including phenoxy) is 1. The number of fused-ring (bicyclic) bond motifs is 1. The zero-order chi connectivity index (χ0) is 26.6. The molecule has 0 atom stereocenters. The molecule has 0 aromatic carbocycles. The summed E-state index contributed by atoms with van der Waals surface area (Å²) in [6.45, 7) is 17.0. The van der Waals surface area contributed by atoms with E-state index < -0.39 is 0 Å².